The van der Waals surface area contributed by atoms with Crippen molar-refractivity contribution in [3.63, 3.8) is 0 Å². The summed E-state index contributed by atoms with van der Waals surface area (Å²) in [6, 6.07) is 0. The summed E-state index contributed by atoms with van der Waals surface area (Å²) in [4.78, 5) is 17.8. The lowest BCUT2D eigenvalue weighted by Crippen LogP contribution is -2.34. The Hall–Kier alpha value is -1.12. The van der Waals surface area contributed by atoms with Crippen molar-refractivity contribution >= 4 is 11.7 Å². The molecule has 3 nitrogen and oxygen atoms in total. The maximum Gasteiger partial charge on any atom is 0.227 e. The van der Waals surface area contributed by atoms with E-state index in [1.165, 1.54) is 5.57 Å². The van der Waals surface area contributed by atoms with Gasteiger partial charge in [-0.1, -0.05) is 13.0 Å². The quantitative estimate of drug-likeness (QED) is 0.574. The molecule has 0 aromatic carbocycles. The number of nitrogens with zero attached hydrogens (tertiary/aromatic N) is 2. The van der Waals surface area contributed by atoms with E-state index in [2.05, 4.69) is 18.0 Å². The second-order valence-corrected chi connectivity index (χ2v) is 4.05. The van der Waals surface area contributed by atoms with Crippen LogP contribution in [0.25, 0.3) is 0 Å². The average Bonchev–Trinajstić information content (AvgIpc) is 2.33. The first kappa shape index (κ1) is 9.44. The Labute approximate surface area is 84.5 Å². The summed E-state index contributed by atoms with van der Waals surface area (Å²) in [5.41, 5.74) is 1.27. The Balaban J connectivity index is 2.37. The summed E-state index contributed by atoms with van der Waals surface area (Å²) in [6.45, 7) is 3.00. The lowest BCUT2D eigenvalue weighted by molar-refractivity contribution is -0.126. The van der Waals surface area contributed by atoms with Gasteiger partial charge in [-0.25, -0.2) is 0 Å². The summed E-state index contributed by atoms with van der Waals surface area (Å²) in [5, 5.41) is 0. The number of likely N-dealkylation sites (tertiary alicyclic amines) is 1. The largest absolute Gasteiger partial charge is 0.300 e. The standard InChI is InChI=1S/C11H16N2O/c1-8-5-6-10(14)13(2)11-9(8)4-3-7-12-11/h4,8H,3,5-7H2,1-2H3/t8-/m0/s1. The van der Waals surface area contributed by atoms with Crippen LogP contribution in [0.2, 0.25) is 0 Å². The fraction of sp³-hybridized carbons (Fsp3) is 0.636. The number of likely N-dealkylation sites (N-methyl/N-ethyl adjacent to an activating group) is 1. The number of aliphatic imine (C=N–C) groups is 1. The zero-order chi connectivity index (χ0) is 10.1. The van der Waals surface area contributed by atoms with Crippen LogP contribution in [0.3, 0.4) is 0 Å². The minimum absolute atomic E-state index is 0.195. The van der Waals surface area contributed by atoms with Crippen molar-refractivity contribution in [3.05, 3.63) is 11.6 Å². The lowest BCUT2D eigenvalue weighted by Gasteiger charge is -2.22. The Bertz CT molecular complexity index is 317. The van der Waals surface area contributed by atoms with Gasteiger partial charge in [-0.05, 0) is 24.3 Å². The van der Waals surface area contributed by atoms with Gasteiger partial charge in [0.05, 0.1) is 0 Å². The Kier molecular flexibility index (Phi) is 2.40. The van der Waals surface area contributed by atoms with Crippen molar-refractivity contribution in [3.8, 4) is 0 Å². The van der Waals surface area contributed by atoms with Gasteiger partial charge >= 0.3 is 0 Å². The van der Waals surface area contributed by atoms with Crippen molar-refractivity contribution in [1.29, 1.82) is 0 Å². The van der Waals surface area contributed by atoms with E-state index < -0.39 is 0 Å². The molecule has 0 N–H and O–H groups in total. The molecule has 2 aliphatic heterocycles. The first-order valence-corrected chi connectivity index (χ1v) is 5.21. The van der Waals surface area contributed by atoms with Gasteiger partial charge in [0.15, 0.2) is 0 Å². The Morgan fingerprint density at radius 1 is 1.57 bits per heavy atom. The van der Waals surface area contributed by atoms with Crippen molar-refractivity contribution in [1.82, 2.24) is 4.90 Å². The highest BCUT2D eigenvalue weighted by Gasteiger charge is 2.27. The molecule has 0 aliphatic carbocycles. The van der Waals surface area contributed by atoms with Crippen LogP contribution in [0.4, 0.5) is 0 Å². The van der Waals surface area contributed by atoms with Gasteiger partial charge < -0.3 is 4.90 Å². The molecule has 14 heavy (non-hydrogen) atoms. The second kappa shape index (κ2) is 3.56. The molecule has 0 bridgehead atoms. The number of fused-ring (bicyclic) bond motifs is 1. The zero-order valence-electron chi connectivity index (χ0n) is 8.79. The number of carbonyl (C=O) groups excluding carboxylic acids is 1. The predicted molar refractivity (Wildman–Crippen MR) is 56.2 cm³/mol. The SMILES string of the molecule is C[C@H]1CCC(=O)N(C)C2=NCCC=C21. The van der Waals surface area contributed by atoms with E-state index in [-0.39, 0.29) is 5.91 Å². The summed E-state index contributed by atoms with van der Waals surface area (Å²) < 4.78 is 0. The first-order chi connectivity index (χ1) is 6.70. The van der Waals surface area contributed by atoms with E-state index in [1.807, 2.05) is 7.05 Å². The Morgan fingerprint density at radius 3 is 3.14 bits per heavy atom. The molecule has 0 spiro atoms. The van der Waals surface area contributed by atoms with E-state index in [0.717, 1.165) is 25.2 Å². The average molecular weight is 192 g/mol. The van der Waals surface area contributed by atoms with Crippen LogP contribution in [-0.4, -0.2) is 30.2 Å². The van der Waals surface area contributed by atoms with E-state index >= 15 is 0 Å². The van der Waals surface area contributed by atoms with Crippen molar-refractivity contribution in [2.75, 3.05) is 13.6 Å². The normalized spacial score (nSPS) is 27.7. The molecule has 0 radical (unpaired) electrons. The number of hydrogen-bond donors (Lipinski definition) is 0. The van der Waals surface area contributed by atoms with E-state index in [9.17, 15) is 4.79 Å². The van der Waals surface area contributed by atoms with Gasteiger partial charge in [-0.15, -0.1) is 0 Å². The van der Waals surface area contributed by atoms with Gasteiger partial charge in [0.1, 0.15) is 5.84 Å². The summed E-state index contributed by atoms with van der Waals surface area (Å²) in [7, 11) is 1.83. The monoisotopic (exact) mass is 192 g/mol. The number of amidine groups is 1. The van der Waals surface area contributed by atoms with Gasteiger partial charge in [0.2, 0.25) is 5.91 Å². The number of dihydropyridines is 1. The highest BCUT2D eigenvalue weighted by Crippen LogP contribution is 2.26. The van der Waals surface area contributed by atoms with Crippen molar-refractivity contribution < 1.29 is 4.79 Å². The maximum absolute atomic E-state index is 11.6. The van der Waals surface area contributed by atoms with Crippen LogP contribution in [-0.2, 0) is 4.79 Å². The van der Waals surface area contributed by atoms with Crippen LogP contribution in [0, 0.1) is 5.92 Å². The minimum Gasteiger partial charge on any atom is -0.300 e. The molecular weight excluding hydrogens is 176 g/mol. The number of hydrogen-bond acceptors (Lipinski definition) is 2. The zero-order valence-corrected chi connectivity index (χ0v) is 8.79. The van der Waals surface area contributed by atoms with Gasteiger partial charge in [0.25, 0.3) is 0 Å². The van der Waals surface area contributed by atoms with E-state index in [1.54, 1.807) is 4.90 Å². The molecule has 3 heteroatoms. The molecule has 1 atom stereocenters. The smallest absolute Gasteiger partial charge is 0.227 e. The van der Waals surface area contributed by atoms with Gasteiger partial charge in [-0.3, -0.25) is 9.79 Å². The third-order valence-corrected chi connectivity index (χ3v) is 3.03. The molecule has 1 fully saturated rings. The summed E-state index contributed by atoms with van der Waals surface area (Å²) in [5.74, 6) is 1.58. The molecule has 2 rings (SSSR count). The van der Waals surface area contributed by atoms with Crippen molar-refractivity contribution in [2.45, 2.75) is 26.2 Å². The van der Waals surface area contributed by atoms with E-state index in [0.29, 0.717) is 12.3 Å². The molecule has 1 amide bonds. The first-order valence-electron chi connectivity index (χ1n) is 5.21. The van der Waals surface area contributed by atoms with Crippen LogP contribution in [0.1, 0.15) is 26.2 Å². The number of carbonyl (C=O) groups is 1. The maximum atomic E-state index is 11.6. The van der Waals surface area contributed by atoms with Gasteiger partial charge in [-0.2, -0.15) is 0 Å². The fourth-order valence-electron chi connectivity index (χ4n) is 2.08. The third-order valence-electron chi connectivity index (χ3n) is 3.03. The molecule has 1 saturated heterocycles. The number of rotatable bonds is 0. The number of amides is 1. The molecule has 2 aliphatic rings. The molecule has 0 unspecified atom stereocenters. The Morgan fingerprint density at radius 2 is 2.36 bits per heavy atom. The summed E-state index contributed by atoms with van der Waals surface area (Å²) >= 11 is 0. The summed E-state index contributed by atoms with van der Waals surface area (Å²) in [6.07, 6.45) is 4.86. The van der Waals surface area contributed by atoms with Crippen LogP contribution < -0.4 is 0 Å². The van der Waals surface area contributed by atoms with Crippen LogP contribution in [0.15, 0.2) is 16.6 Å². The predicted octanol–water partition coefficient (Wildman–Crippen LogP) is 1.60. The molecule has 0 aromatic rings. The highest BCUT2D eigenvalue weighted by molar-refractivity contribution is 6.08. The van der Waals surface area contributed by atoms with Gasteiger partial charge in [0, 0.05) is 20.0 Å². The second-order valence-electron chi connectivity index (χ2n) is 4.05. The molecule has 0 aromatic heterocycles. The van der Waals surface area contributed by atoms with Crippen molar-refractivity contribution in [2.24, 2.45) is 10.9 Å². The van der Waals surface area contributed by atoms with Crippen LogP contribution >= 0.6 is 0 Å². The molecule has 2 heterocycles. The highest BCUT2D eigenvalue weighted by atomic mass is 16.2. The third kappa shape index (κ3) is 1.47. The fourth-order valence-corrected chi connectivity index (χ4v) is 2.08. The molecule has 76 valence electrons. The lowest BCUT2D eigenvalue weighted by atomic mass is 9.94. The molecular formula is C11H16N2O. The van der Waals surface area contributed by atoms with Crippen LogP contribution in [0.5, 0.6) is 0 Å². The molecule has 0 saturated carbocycles. The minimum atomic E-state index is 0.195. The van der Waals surface area contributed by atoms with E-state index in [4.69, 9.17) is 0 Å². The topological polar surface area (TPSA) is 32.7 Å².